The fourth-order valence-corrected chi connectivity index (χ4v) is 7.41. The molecule has 0 bridgehead atoms. The Labute approximate surface area is 151 Å². The minimum Gasteiger partial charge on any atom is -0.390 e. The van der Waals surface area contributed by atoms with Gasteiger partial charge >= 0.3 is 0 Å². The van der Waals surface area contributed by atoms with E-state index in [1.807, 2.05) is 6.92 Å². The Morgan fingerprint density at radius 2 is 1.96 bits per heavy atom. The van der Waals surface area contributed by atoms with Gasteiger partial charge in [-0.15, -0.1) is 0 Å². The van der Waals surface area contributed by atoms with Gasteiger partial charge in [0.25, 0.3) is 0 Å². The number of fused-ring (bicyclic) bond motifs is 5. The number of aliphatic hydroxyl groups is 1. The van der Waals surface area contributed by atoms with Crippen molar-refractivity contribution in [2.45, 2.75) is 77.7 Å². The van der Waals surface area contributed by atoms with E-state index in [0.717, 1.165) is 44.9 Å². The standard InChI is InChI=1S/C22H31NO2/c1-20(25)9-10-21(2)15(12-20)4-6-16-17-7-5-14(8-11-23)22(17,3)13-18(24)19(16)21/h8,15-17,19,25H,4-7,9-10,12-13H2,1-3H3/b14-8-/t15-,16+,17+,19-,20-,21+,22-/m1/s1. The molecule has 4 rings (SSSR count). The zero-order valence-electron chi connectivity index (χ0n) is 15.8. The van der Waals surface area contributed by atoms with Crippen LogP contribution in [0.25, 0.3) is 0 Å². The maximum atomic E-state index is 13.4. The first-order valence-corrected chi connectivity index (χ1v) is 10.1. The van der Waals surface area contributed by atoms with Crippen LogP contribution in [-0.4, -0.2) is 16.5 Å². The van der Waals surface area contributed by atoms with E-state index in [1.165, 1.54) is 5.57 Å². The second-order valence-electron chi connectivity index (χ2n) is 10.1. The lowest BCUT2D eigenvalue weighted by Gasteiger charge is -2.60. The molecular weight excluding hydrogens is 310 g/mol. The molecule has 0 aromatic carbocycles. The van der Waals surface area contributed by atoms with Crippen LogP contribution in [-0.2, 0) is 4.79 Å². The lowest BCUT2D eigenvalue weighted by molar-refractivity contribution is -0.163. The van der Waals surface area contributed by atoms with E-state index in [2.05, 4.69) is 19.9 Å². The van der Waals surface area contributed by atoms with Crippen molar-refractivity contribution in [1.29, 1.82) is 5.26 Å². The van der Waals surface area contributed by atoms with Crippen LogP contribution in [0, 0.1) is 45.8 Å². The smallest absolute Gasteiger partial charge is 0.137 e. The Morgan fingerprint density at radius 1 is 1.20 bits per heavy atom. The van der Waals surface area contributed by atoms with E-state index in [4.69, 9.17) is 5.26 Å². The van der Waals surface area contributed by atoms with Gasteiger partial charge in [-0.2, -0.15) is 5.26 Å². The Balaban J connectivity index is 1.69. The molecule has 25 heavy (non-hydrogen) atoms. The van der Waals surface area contributed by atoms with Crippen LogP contribution in [0.15, 0.2) is 11.6 Å². The zero-order valence-corrected chi connectivity index (χ0v) is 15.8. The first kappa shape index (κ1) is 17.3. The monoisotopic (exact) mass is 341 g/mol. The predicted molar refractivity (Wildman–Crippen MR) is 96.4 cm³/mol. The van der Waals surface area contributed by atoms with Gasteiger partial charge in [0, 0.05) is 18.4 Å². The van der Waals surface area contributed by atoms with Gasteiger partial charge in [-0.05, 0) is 80.5 Å². The van der Waals surface area contributed by atoms with Gasteiger partial charge in [0.1, 0.15) is 5.78 Å². The molecule has 0 unspecified atom stereocenters. The van der Waals surface area contributed by atoms with Crippen LogP contribution in [0.5, 0.6) is 0 Å². The van der Waals surface area contributed by atoms with Gasteiger partial charge in [0.05, 0.1) is 11.7 Å². The molecule has 3 nitrogen and oxygen atoms in total. The molecule has 3 heteroatoms. The van der Waals surface area contributed by atoms with Crippen LogP contribution >= 0.6 is 0 Å². The number of nitriles is 1. The summed E-state index contributed by atoms with van der Waals surface area (Å²) in [4.78, 5) is 13.4. The molecule has 136 valence electrons. The van der Waals surface area contributed by atoms with Crippen molar-refractivity contribution in [3.63, 3.8) is 0 Å². The molecule has 0 saturated heterocycles. The summed E-state index contributed by atoms with van der Waals surface area (Å²) in [6.45, 7) is 6.54. The number of Topliss-reactive ketones (excluding diaryl/α,β-unsaturated/α-hetero) is 1. The fraction of sp³-hybridized carbons (Fsp3) is 0.818. The fourth-order valence-electron chi connectivity index (χ4n) is 7.41. The molecule has 0 aliphatic heterocycles. The van der Waals surface area contributed by atoms with E-state index < -0.39 is 5.60 Å². The quantitative estimate of drug-likeness (QED) is 0.664. The highest BCUT2D eigenvalue weighted by atomic mass is 16.3. The molecule has 4 fully saturated rings. The molecule has 0 amide bonds. The molecule has 4 aliphatic rings. The van der Waals surface area contributed by atoms with Gasteiger partial charge in [-0.1, -0.05) is 19.4 Å². The maximum Gasteiger partial charge on any atom is 0.137 e. The number of nitrogens with zero attached hydrogens (tertiary/aromatic N) is 1. The Hall–Kier alpha value is -1.14. The van der Waals surface area contributed by atoms with E-state index in [9.17, 15) is 9.90 Å². The molecule has 0 aromatic heterocycles. The number of hydrogen-bond acceptors (Lipinski definition) is 3. The Morgan fingerprint density at radius 3 is 2.68 bits per heavy atom. The molecule has 0 aromatic rings. The summed E-state index contributed by atoms with van der Waals surface area (Å²) in [7, 11) is 0. The Bertz CT molecular complexity index is 672. The van der Waals surface area contributed by atoms with Crippen LogP contribution in [0.2, 0.25) is 0 Å². The molecule has 1 N–H and O–H groups in total. The van der Waals surface area contributed by atoms with Crippen molar-refractivity contribution in [3.8, 4) is 6.07 Å². The van der Waals surface area contributed by atoms with Crippen LogP contribution < -0.4 is 0 Å². The summed E-state index contributed by atoms with van der Waals surface area (Å²) < 4.78 is 0. The summed E-state index contributed by atoms with van der Waals surface area (Å²) in [6.07, 6.45) is 9.36. The SMILES string of the molecule is C[C@@]1(O)CC[C@@]2(C)[C@H](CC[C@@H]3[C@@H]2C(=O)C[C@]2(C)/C(=C\C#N)CC[C@@H]32)C1. The van der Waals surface area contributed by atoms with Gasteiger partial charge in [0.15, 0.2) is 0 Å². The second-order valence-corrected chi connectivity index (χ2v) is 10.1. The maximum absolute atomic E-state index is 13.4. The third kappa shape index (κ3) is 2.36. The van der Waals surface area contributed by atoms with Gasteiger partial charge < -0.3 is 5.11 Å². The van der Waals surface area contributed by atoms with Gasteiger partial charge in [-0.25, -0.2) is 0 Å². The summed E-state index contributed by atoms with van der Waals surface area (Å²) in [5, 5.41) is 19.7. The lowest BCUT2D eigenvalue weighted by atomic mass is 9.44. The largest absolute Gasteiger partial charge is 0.390 e. The van der Waals surface area contributed by atoms with Crippen molar-refractivity contribution < 1.29 is 9.90 Å². The summed E-state index contributed by atoms with van der Waals surface area (Å²) in [5.41, 5.74) is 0.632. The van der Waals surface area contributed by atoms with Crippen LogP contribution in [0.3, 0.4) is 0 Å². The molecule has 0 heterocycles. The molecule has 0 radical (unpaired) electrons. The Kier molecular flexibility index (Phi) is 3.75. The number of rotatable bonds is 0. The van der Waals surface area contributed by atoms with E-state index in [-0.39, 0.29) is 16.7 Å². The highest BCUT2D eigenvalue weighted by Crippen LogP contribution is 2.66. The minimum absolute atomic E-state index is 0.0608. The topological polar surface area (TPSA) is 61.1 Å². The van der Waals surface area contributed by atoms with Crippen LogP contribution in [0.4, 0.5) is 0 Å². The summed E-state index contributed by atoms with van der Waals surface area (Å²) in [6, 6.07) is 2.22. The van der Waals surface area contributed by atoms with Gasteiger partial charge in [0.2, 0.25) is 0 Å². The number of allylic oxidation sites excluding steroid dienone is 2. The third-order valence-electron chi connectivity index (χ3n) is 8.73. The molecule has 0 spiro atoms. The minimum atomic E-state index is -0.556. The number of hydrogen-bond donors (Lipinski definition) is 1. The van der Waals surface area contributed by atoms with Crippen molar-refractivity contribution >= 4 is 5.78 Å². The highest BCUT2D eigenvalue weighted by Gasteiger charge is 2.62. The van der Waals surface area contributed by atoms with E-state index in [0.29, 0.717) is 30.0 Å². The highest BCUT2D eigenvalue weighted by molar-refractivity contribution is 5.85. The third-order valence-corrected chi connectivity index (χ3v) is 8.73. The van der Waals surface area contributed by atoms with Crippen molar-refractivity contribution in [3.05, 3.63) is 11.6 Å². The zero-order chi connectivity index (χ0) is 18.0. The molecule has 7 atom stereocenters. The molecule has 4 aliphatic carbocycles. The number of ketones is 1. The van der Waals surface area contributed by atoms with Gasteiger partial charge in [-0.3, -0.25) is 4.79 Å². The average molecular weight is 341 g/mol. The number of carbonyl (C=O) groups is 1. The molecular formula is C22H31NO2. The van der Waals surface area contributed by atoms with Crippen molar-refractivity contribution in [1.82, 2.24) is 0 Å². The number of carbonyl (C=O) groups excluding carboxylic acids is 1. The predicted octanol–water partition coefficient (Wildman–Crippen LogP) is 4.41. The van der Waals surface area contributed by atoms with Crippen molar-refractivity contribution in [2.24, 2.45) is 34.5 Å². The van der Waals surface area contributed by atoms with E-state index >= 15 is 0 Å². The molecule has 4 saturated carbocycles. The van der Waals surface area contributed by atoms with Crippen molar-refractivity contribution in [2.75, 3.05) is 0 Å². The first-order chi connectivity index (χ1) is 11.7. The first-order valence-electron chi connectivity index (χ1n) is 10.1. The second kappa shape index (κ2) is 5.43. The average Bonchev–Trinajstić information content (AvgIpc) is 2.84. The summed E-state index contributed by atoms with van der Waals surface area (Å²) in [5.74, 6) is 2.10. The summed E-state index contributed by atoms with van der Waals surface area (Å²) >= 11 is 0. The normalized spacial score (nSPS) is 53.7. The van der Waals surface area contributed by atoms with Crippen LogP contribution in [0.1, 0.15) is 72.1 Å². The van der Waals surface area contributed by atoms with E-state index in [1.54, 1.807) is 6.08 Å². The lowest BCUT2D eigenvalue weighted by Crippen LogP contribution is -2.58.